The van der Waals surface area contributed by atoms with E-state index in [0.29, 0.717) is 10.8 Å². The van der Waals surface area contributed by atoms with E-state index >= 15 is 0 Å². The second kappa shape index (κ2) is 9.14. The van der Waals surface area contributed by atoms with E-state index in [4.69, 9.17) is 26.2 Å². The smallest absolute Gasteiger partial charge is 0.430 e. The fourth-order valence-electron chi connectivity index (χ4n) is 3.46. The molecule has 0 saturated heterocycles. The van der Waals surface area contributed by atoms with Crippen molar-refractivity contribution >= 4 is 17.6 Å². The highest BCUT2D eigenvalue weighted by Crippen LogP contribution is 2.44. The number of rotatable bonds is 2. The first-order valence-corrected chi connectivity index (χ1v) is 9.48. The van der Waals surface area contributed by atoms with Gasteiger partial charge in [-0.25, -0.2) is 0 Å². The van der Waals surface area contributed by atoms with Gasteiger partial charge in [0.2, 0.25) is 0 Å². The minimum atomic E-state index is -5.19. The van der Waals surface area contributed by atoms with Crippen molar-refractivity contribution < 1.29 is 37.4 Å². The molecular weight excluding hydrogens is 425 g/mol. The van der Waals surface area contributed by atoms with Gasteiger partial charge >= 0.3 is 6.18 Å². The lowest BCUT2D eigenvalue weighted by molar-refractivity contribution is -0.890. The Morgan fingerprint density at radius 1 is 1.27 bits per heavy atom. The van der Waals surface area contributed by atoms with Crippen LogP contribution in [0.3, 0.4) is 0 Å². The molecule has 0 spiro atoms. The first-order chi connectivity index (χ1) is 13.9. The van der Waals surface area contributed by atoms with E-state index in [1.807, 2.05) is 12.1 Å². The Morgan fingerprint density at radius 2 is 1.83 bits per heavy atom. The molecule has 9 heteroatoms. The summed E-state index contributed by atoms with van der Waals surface area (Å²) in [5.74, 6) is -2.28. The molecule has 2 aromatic rings. The Morgan fingerprint density at radius 3 is 2.33 bits per heavy atom. The van der Waals surface area contributed by atoms with Crippen LogP contribution < -0.4 is 9.84 Å². The largest absolute Gasteiger partial charge is 0.542 e. The molecule has 1 N–H and O–H groups in total. The van der Waals surface area contributed by atoms with Gasteiger partial charge in [-0.2, -0.15) is 13.2 Å². The van der Waals surface area contributed by atoms with E-state index in [1.54, 1.807) is 7.11 Å². The molecule has 30 heavy (non-hydrogen) atoms. The van der Waals surface area contributed by atoms with Crippen molar-refractivity contribution in [2.45, 2.75) is 18.5 Å². The Balaban J connectivity index is 0.000000396. The number of carbonyl (C=O) groups excluding carboxylic acids is 1. The number of phenolic OH excluding ortho intramolecular Hbond substituents is 1. The second-order valence-electron chi connectivity index (χ2n) is 7.65. The topological polar surface area (TPSA) is 69.6 Å². The molecule has 3 rings (SSSR count). The average molecular weight is 448 g/mol. The number of phenols is 1. The molecule has 2 aromatic carbocycles. The number of halogens is 4. The third-order valence-corrected chi connectivity index (χ3v) is 5.42. The standard InChI is InChI=1S/C19H22ClNO2.C2HF3O2/c1-21(2)10-9-14-15(11-17(23-3)19(22)18(14)20)16(12-21)13-7-5-4-6-8-13;3-2(4,5)1(6)7/h4-8,11,16H,9-10,12H2,1-3H3;(H,6,7)/t16-;/m1./s1/i1+1,3+1;/t16-,21?;. The molecule has 0 radical (unpaired) electrons. The highest BCUT2D eigenvalue weighted by molar-refractivity contribution is 6.33. The lowest BCUT2D eigenvalue weighted by Crippen LogP contribution is -2.43. The van der Waals surface area contributed by atoms with Crippen LogP contribution in [0.1, 0.15) is 22.6 Å². The molecule has 0 fully saturated rings. The summed E-state index contributed by atoms with van der Waals surface area (Å²) in [5, 5.41) is 19.5. The Labute approximate surface area is 177 Å². The normalized spacial score (nSPS) is 21.0. The van der Waals surface area contributed by atoms with Crippen molar-refractivity contribution in [1.29, 1.82) is 0 Å². The maximum absolute atomic E-state index is 10.5. The maximum Gasteiger partial charge on any atom is 0.430 e. The van der Waals surface area contributed by atoms with Crippen LogP contribution in [-0.4, -0.2) is 56.0 Å². The molecular formula is C21H23ClF3NO4. The third-order valence-electron chi connectivity index (χ3n) is 5.01. The van der Waals surface area contributed by atoms with Gasteiger partial charge in [-0.05, 0) is 22.8 Å². The van der Waals surface area contributed by atoms with Gasteiger partial charge in [0.25, 0.3) is 0 Å². The number of carboxylic acids is 1. The summed E-state index contributed by atoms with van der Waals surface area (Å²) in [7, 11) is 6.05. The van der Waals surface area contributed by atoms with E-state index < -0.39 is 12.1 Å². The van der Waals surface area contributed by atoms with Gasteiger partial charge in [0.1, 0.15) is 5.97 Å². The summed E-state index contributed by atoms with van der Waals surface area (Å²) in [6, 6.07) is 12.4. The highest BCUT2D eigenvalue weighted by Gasteiger charge is 2.33. The molecule has 2 atom stereocenters. The zero-order chi connectivity index (χ0) is 22.7. The molecule has 0 saturated carbocycles. The van der Waals surface area contributed by atoms with Crippen LogP contribution in [0.4, 0.5) is 13.2 Å². The fourth-order valence-corrected chi connectivity index (χ4v) is 3.76. The molecule has 164 valence electrons. The number of ether oxygens (including phenoxy) is 1. The van der Waals surface area contributed by atoms with Crippen molar-refractivity contribution in [2.24, 2.45) is 0 Å². The number of quaternary nitrogens is 1. The first-order valence-electron chi connectivity index (χ1n) is 9.10. The van der Waals surface area contributed by atoms with Crippen molar-refractivity contribution in [1.82, 2.24) is 0 Å². The summed E-state index contributed by atoms with van der Waals surface area (Å²) in [4.78, 5) is 8.78. The quantitative estimate of drug-likeness (QED) is 0.567. The van der Waals surface area contributed by atoms with Gasteiger partial charge in [-0.1, -0.05) is 41.9 Å². The van der Waals surface area contributed by atoms with E-state index in [-0.39, 0.29) is 11.7 Å². The Bertz CT molecular complexity index is 901. The molecule has 1 heterocycles. The monoisotopic (exact) mass is 447 g/mol. The van der Waals surface area contributed by atoms with Crippen molar-refractivity contribution in [3.8, 4) is 11.5 Å². The van der Waals surface area contributed by atoms with Gasteiger partial charge < -0.3 is 24.2 Å². The van der Waals surface area contributed by atoms with Crippen LogP contribution >= 0.6 is 11.6 Å². The van der Waals surface area contributed by atoms with E-state index in [1.165, 1.54) is 11.1 Å². The lowest BCUT2D eigenvalue weighted by atomic mass is 9.87. The van der Waals surface area contributed by atoms with Crippen LogP contribution in [0.2, 0.25) is 5.02 Å². The molecule has 0 aliphatic carbocycles. The van der Waals surface area contributed by atoms with Crippen LogP contribution in [0.25, 0.3) is 0 Å². The number of aromatic hydroxyl groups is 1. The number of carbonyl (C=O) groups is 1. The summed E-state index contributed by atoms with van der Waals surface area (Å²) in [6.07, 6.45) is -4.35. The van der Waals surface area contributed by atoms with Crippen molar-refractivity contribution in [3.63, 3.8) is 0 Å². The first kappa shape index (κ1) is 23.8. The second-order valence-corrected chi connectivity index (χ2v) is 8.03. The molecule has 1 aliphatic rings. The third kappa shape index (κ3) is 5.58. The molecule has 1 unspecified atom stereocenters. The van der Waals surface area contributed by atoms with Gasteiger partial charge in [0.15, 0.2) is 11.5 Å². The highest BCUT2D eigenvalue weighted by atomic mass is 35.5. The predicted molar refractivity (Wildman–Crippen MR) is 105 cm³/mol. The predicted octanol–water partition coefficient (Wildman–Crippen LogP) is 3.12. The summed E-state index contributed by atoms with van der Waals surface area (Å²) in [5.41, 5.74) is 3.48. The summed E-state index contributed by atoms with van der Waals surface area (Å²) < 4.78 is 37.8. The van der Waals surface area contributed by atoms with Crippen LogP contribution in [0, 0.1) is 0 Å². The zero-order valence-corrected chi connectivity index (χ0v) is 17.5. The van der Waals surface area contributed by atoms with Gasteiger partial charge in [-0.15, -0.1) is 0 Å². The summed E-state index contributed by atoms with van der Waals surface area (Å²) in [6.45, 7) is 1.98. The molecule has 0 amide bonds. The number of nitrogens with zero attached hydrogens (tertiary/aromatic N) is 1. The van der Waals surface area contributed by atoms with E-state index in [0.717, 1.165) is 29.6 Å². The van der Waals surface area contributed by atoms with Gasteiger partial charge in [0, 0.05) is 6.42 Å². The minimum absolute atomic E-state index is 0.0481. The Hall–Kier alpha value is -2.45. The number of alkyl halides is 3. The molecule has 0 aromatic heterocycles. The van der Waals surface area contributed by atoms with Crippen LogP contribution in [0.5, 0.6) is 11.5 Å². The Kier molecular flexibility index (Phi) is 7.26. The number of methoxy groups -OCH3 is 1. The molecule has 1 aliphatic heterocycles. The van der Waals surface area contributed by atoms with Crippen LogP contribution in [0.15, 0.2) is 36.4 Å². The zero-order valence-electron chi connectivity index (χ0n) is 16.8. The number of likely N-dealkylation sites (N-methyl/N-ethyl adjacent to an activating group) is 1. The number of carboxylic acid groups (broad SMARTS) is 1. The number of aliphatic carboxylic acids is 1. The maximum atomic E-state index is 10.5. The molecule has 5 nitrogen and oxygen atoms in total. The number of hydrogen-bond acceptors (Lipinski definition) is 4. The average Bonchev–Trinajstić information content (AvgIpc) is 2.81. The number of benzene rings is 2. The van der Waals surface area contributed by atoms with E-state index in [2.05, 4.69) is 38.4 Å². The SMILES string of the molecule is C[N+]1([13CH3])CCc2c(cc(O[13CH3])c(O)c2Cl)[C@@H](c2ccccc2)C1.O=C([O-])C(F)(F)F. The minimum Gasteiger partial charge on any atom is -0.542 e. The summed E-state index contributed by atoms with van der Waals surface area (Å²) >= 11 is 6.48. The van der Waals surface area contributed by atoms with Crippen molar-refractivity contribution in [2.75, 3.05) is 34.3 Å². The van der Waals surface area contributed by atoms with Gasteiger partial charge in [-0.3, -0.25) is 0 Å². The number of hydrogen-bond donors (Lipinski definition) is 1. The molecule has 0 bridgehead atoms. The van der Waals surface area contributed by atoms with E-state index in [9.17, 15) is 18.3 Å². The van der Waals surface area contributed by atoms with Gasteiger partial charge in [0.05, 0.1) is 45.2 Å². The number of fused-ring (bicyclic) bond motifs is 1. The fraction of sp³-hybridized carbons (Fsp3) is 0.381. The lowest BCUT2D eigenvalue weighted by Gasteiger charge is -2.31. The van der Waals surface area contributed by atoms with Crippen molar-refractivity contribution in [3.05, 3.63) is 58.1 Å². The van der Waals surface area contributed by atoms with Crippen LogP contribution in [-0.2, 0) is 11.2 Å².